The highest BCUT2D eigenvalue weighted by Crippen LogP contribution is 2.22. The van der Waals surface area contributed by atoms with Crippen LogP contribution >= 0.6 is 0 Å². The van der Waals surface area contributed by atoms with Crippen molar-refractivity contribution in [1.82, 2.24) is 15.0 Å². The van der Waals surface area contributed by atoms with E-state index in [2.05, 4.69) is 15.5 Å². The monoisotopic (exact) mass is 362 g/mol. The normalized spacial score (nSPS) is 10.9. The van der Waals surface area contributed by atoms with Crippen LogP contribution in [0.5, 0.6) is 0 Å². The maximum Gasteiger partial charge on any atom is 0.337 e. The van der Waals surface area contributed by atoms with E-state index in [-0.39, 0.29) is 11.3 Å². The number of amides is 1. The van der Waals surface area contributed by atoms with Gasteiger partial charge in [-0.1, -0.05) is 18.2 Å². The quantitative estimate of drug-likeness (QED) is 0.539. The van der Waals surface area contributed by atoms with Crippen LogP contribution in [0.15, 0.2) is 59.8 Å². The van der Waals surface area contributed by atoms with Crippen molar-refractivity contribution in [2.24, 2.45) is 5.10 Å². The van der Waals surface area contributed by atoms with Gasteiger partial charge in [-0.3, -0.25) is 9.78 Å². The van der Waals surface area contributed by atoms with E-state index in [0.29, 0.717) is 5.69 Å². The van der Waals surface area contributed by atoms with Crippen molar-refractivity contribution >= 4 is 18.1 Å². The molecule has 0 bridgehead atoms. The van der Waals surface area contributed by atoms with Crippen molar-refractivity contribution in [3.63, 3.8) is 0 Å². The van der Waals surface area contributed by atoms with Crippen molar-refractivity contribution in [2.75, 3.05) is 0 Å². The zero-order valence-electron chi connectivity index (χ0n) is 14.9. The summed E-state index contributed by atoms with van der Waals surface area (Å²) in [6, 6.07) is 13.7. The van der Waals surface area contributed by atoms with Crippen molar-refractivity contribution in [2.45, 2.75) is 13.8 Å². The Morgan fingerprint density at radius 2 is 1.89 bits per heavy atom. The van der Waals surface area contributed by atoms with E-state index in [4.69, 9.17) is 0 Å². The van der Waals surface area contributed by atoms with E-state index in [1.165, 1.54) is 12.4 Å². The number of nitrogens with one attached hydrogen (secondary N) is 1. The molecule has 1 aromatic carbocycles. The van der Waals surface area contributed by atoms with E-state index in [1.807, 2.05) is 24.5 Å². The molecule has 3 aromatic rings. The van der Waals surface area contributed by atoms with Gasteiger partial charge in [0.05, 0.1) is 17.5 Å². The molecule has 7 heteroatoms. The highest BCUT2D eigenvalue weighted by atomic mass is 16.4. The van der Waals surface area contributed by atoms with Crippen molar-refractivity contribution in [3.8, 4) is 5.69 Å². The molecular formula is C20H18N4O3. The minimum absolute atomic E-state index is 0.214. The van der Waals surface area contributed by atoms with Crippen molar-refractivity contribution < 1.29 is 14.7 Å². The van der Waals surface area contributed by atoms with Crippen molar-refractivity contribution in [1.29, 1.82) is 0 Å². The number of carboxylic acid groups (broad SMARTS) is 1. The molecule has 0 saturated carbocycles. The Bertz CT molecular complexity index is 1020. The van der Waals surface area contributed by atoms with Gasteiger partial charge in [0.25, 0.3) is 5.91 Å². The Balaban J connectivity index is 1.87. The van der Waals surface area contributed by atoms with Crippen LogP contribution < -0.4 is 5.43 Å². The molecule has 0 saturated heterocycles. The van der Waals surface area contributed by atoms with Gasteiger partial charge in [0.1, 0.15) is 5.69 Å². The predicted molar refractivity (Wildman–Crippen MR) is 101 cm³/mol. The minimum atomic E-state index is -0.990. The third-order valence-corrected chi connectivity index (χ3v) is 4.11. The molecule has 0 radical (unpaired) electrons. The summed E-state index contributed by atoms with van der Waals surface area (Å²) in [6.07, 6.45) is 3.06. The highest BCUT2D eigenvalue weighted by molar-refractivity contribution is 5.94. The van der Waals surface area contributed by atoms with Gasteiger partial charge in [-0.25, -0.2) is 10.2 Å². The second kappa shape index (κ2) is 7.65. The van der Waals surface area contributed by atoms with E-state index in [0.717, 1.165) is 17.0 Å². The number of rotatable bonds is 5. The fraction of sp³-hybridized carbons (Fsp3) is 0.100. The number of hydrogen-bond acceptors (Lipinski definition) is 4. The summed E-state index contributed by atoms with van der Waals surface area (Å²) in [5.74, 6) is -1.40. The lowest BCUT2D eigenvalue weighted by atomic mass is 10.1. The van der Waals surface area contributed by atoms with Crippen LogP contribution in [-0.2, 0) is 0 Å². The number of aryl methyl sites for hydroxylation is 1. The second-order valence-electron chi connectivity index (χ2n) is 5.90. The molecule has 7 nitrogen and oxygen atoms in total. The Kier molecular flexibility index (Phi) is 5.12. The van der Waals surface area contributed by atoms with Crippen LogP contribution in [0.1, 0.15) is 37.8 Å². The summed E-state index contributed by atoms with van der Waals surface area (Å²) < 4.78 is 1.85. The van der Waals surface area contributed by atoms with Crippen molar-refractivity contribution in [3.05, 3.63) is 82.9 Å². The molecule has 0 aliphatic rings. The Labute approximate surface area is 156 Å². The average molecular weight is 362 g/mol. The van der Waals surface area contributed by atoms with Crippen LogP contribution in [0, 0.1) is 13.8 Å². The minimum Gasteiger partial charge on any atom is -0.478 e. The standard InChI is InChI=1S/C20H18N4O3/c1-13-11-15(12-22-23-19(25)17-8-5-6-10-21-17)14(2)24(13)18-9-4-3-7-16(18)20(26)27/h3-12H,1-2H3,(H,23,25)(H,26,27)/b22-12-. The first-order valence-corrected chi connectivity index (χ1v) is 8.25. The average Bonchev–Trinajstić information content (AvgIpc) is 2.95. The Morgan fingerprint density at radius 3 is 2.59 bits per heavy atom. The van der Waals surface area contributed by atoms with Gasteiger partial charge < -0.3 is 9.67 Å². The number of pyridine rings is 1. The number of hydrazone groups is 1. The smallest absolute Gasteiger partial charge is 0.337 e. The zero-order valence-corrected chi connectivity index (χ0v) is 14.9. The number of carboxylic acids is 1. The largest absolute Gasteiger partial charge is 0.478 e. The molecule has 1 amide bonds. The zero-order chi connectivity index (χ0) is 19.4. The Hall–Kier alpha value is -3.74. The topological polar surface area (TPSA) is 96.6 Å². The summed E-state index contributed by atoms with van der Waals surface area (Å²) in [5, 5.41) is 13.4. The molecular weight excluding hydrogens is 344 g/mol. The van der Waals surface area contributed by atoms with E-state index in [9.17, 15) is 14.7 Å². The summed E-state index contributed by atoms with van der Waals surface area (Å²) in [7, 11) is 0. The van der Waals surface area contributed by atoms with Gasteiger partial charge in [0, 0.05) is 23.1 Å². The molecule has 0 unspecified atom stereocenters. The summed E-state index contributed by atoms with van der Waals surface area (Å²) in [4.78, 5) is 27.4. The van der Waals surface area contributed by atoms with Gasteiger partial charge in [-0.15, -0.1) is 0 Å². The van der Waals surface area contributed by atoms with E-state index in [1.54, 1.807) is 42.5 Å². The van der Waals surface area contributed by atoms with Gasteiger partial charge in [-0.05, 0) is 44.2 Å². The first-order valence-electron chi connectivity index (χ1n) is 8.25. The number of hydrogen-bond donors (Lipinski definition) is 2. The maximum atomic E-state index is 12.0. The highest BCUT2D eigenvalue weighted by Gasteiger charge is 2.16. The predicted octanol–water partition coefficient (Wildman–Crippen LogP) is 2.95. The number of para-hydroxylation sites is 1. The first-order chi connectivity index (χ1) is 13.0. The van der Waals surface area contributed by atoms with Crippen LogP contribution in [0.4, 0.5) is 0 Å². The van der Waals surface area contributed by atoms with Crippen LogP contribution in [0.25, 0.3) is 5.69 Å². The number of carbonyl (C=O) groups excluding carboxylic acids is 1. The van der Waals surface area contributed by atoms with Gasteiger partial charge in [-0.2, -0.15) is 5.10 Å². The molecule has 0 aliphatic heterocycles. The molecule has 2 aromatic heterocycles. The molecule has 0 atom stereocenters. The first kappa shape index (κ1) is 18.1. The van der Waals surface area contributed by atoms with Gasteiger partial charge in [0.2, 0.25) is 0 Å². The summed E-state index contributed by atoms with van der Waals surface area (Å²) in [6.45, 7) is 3.75. The van der Waals surface area contributed by atoms with Gasteiger partial charge >= 0.3 is 5.97 Å². The molecule has 0 aliphatic carbocycles. The fourth-order valence-electron chi connectivity index (χ4n) is 2.85. The number of aromatic nitrogens is 2. The molecule has 0 spiro atoms. The molecule has 2 heterocycles. The lowest BCUT2D eigenvalue weighted by Crippen LogP contribution is -2.18. The van der Waals surface area contributed by atoms with E-state index < -0.39 is 11.9 Å². The number of carbonyl (C=O) groups is 2. The Morgan fingerprint density at radius 1 is 1.15 bits per heavy atom. The summed E-state index contributed by atoms with van der Waals surface area (Å²) in [5.41, 5.74) is 5.95. The fourth-order valence-corrected chi connectivity index (χ4v) is 2.85. The molecule has 136 valence electrons. The lowest BCUT2D eigenvalue weighted by molar-refractivity contribution is 0.0696. The number of aromatic carboxylic acids is 1. The molecule has 2 N–H and O–H groups in total. The third-order valence-electron chi connectivity index (χ3n) is 4.11. The number of nitrogens with zero attached hydrogens (tertiary/aromatic N) is 3. The van der Waals surface area contributed by atoms with Crippen LogP contribution in [-0.4, -0.2) is 32.7 Å². The molecule has 0 fully saturated rings. The number of benzene rings is 1. The molecule has 27 heavy (non-hydrogen) atoms. The maximum absolute atomic E-state index is 12.0. The van der Waals surface area contributed by atoms with Crippen LogP contribution in [0.2, 0.25) is 0 Å². The third kappa shape index (κ3) is 3.77. The molecule has 3 rings (SSSR count). The van der Waals surface area contributed by atoms with Crippen LogP contribution in [0.3, 0.4) is 0 Å². The van der Waals surface area contributed by atoms with E-state index >= 15 is 0 Å². The SMILES string of the molecule is Cc1cc(/C=N\NC(=O)c2ccccn2)c(C)n1-c1ccccc1C(=O)O. The lowest BCUT2D eigenvalue weighted by Gasteiger charge is -2.12. The summed E-state index contributed by atoms with van der Waals surface area (Å²) >= 11 is 0. The second-order valence-corrected chi connectivity index (χ2v) is 5.90. The van der Waals surface area contributed by atoms with Gasteiger partial charge in [0.15, 0.2) is 0 Å².